The van der Waals surface area contributed by atoms with Crippen LogP contribution in [0.5, 0.6) is 0 Å². The summed E-state index contributed by atoms with van der Waals surface area (Å²) in [6.07, 6.45) is 7.40. The van der Waals surface area contributed by atoms with E-state index in [-0.39, 0.29) is 5.92 Å². The van der Waals surface area contributed by atoms with Gasteiger partial charge in [-0.25, -0.2) is 0 Å². The summed E-state index contributed by atoms with van der Waals surface area (Å²) < 4.78 is 0. The van der Waals surface area contributed by atoms with Crippen molar-refractivity contribution in [3.8, 4) is 0 Å². The van der Waals surface area contributed by atoms with Gasteiger partial charge in [0.2, 0.25) is 0 Å². The molecule has 2 nitrogen and oxygen atoms in total. The molecule has 2 N–H and O–H groups in total. The van der Waals surface area contributed by atoms with Crippen LogP contribution in [0.25, 0.3) is 0 Å². The van der Waals surface area contributed by atoms with Crippen molar-refractivity contribution in [2.24, 2.45) is 11.7 Å². The van der Waals surface area contributed by atoms with E-state index in [4.69, 9.17) is 5.73 Å². The lowest BCUT2D eigenvalue weighted by molar-refractivity contribution is -0.129. The zero-order chi connectivity index (χ0) is 10.6. The highest BCUT2D eigenvalue weighted by Gasteiger charge is 2.35. The Morgan fingerprint density at radius 3 is 2.14 bits per heavy atom. The van der Waals surface area contributed by atoms with E-state index < -0.39 is 5.54 Å². The van der Waals surface area contributed by atoms with Gasteiger partial charge in [-0.05, 0) is 25.7 Å². The molecule has 0 aromatic heterocycles. The molecule has 1 aliphatic rings. The van der Waals surface area contributed by atoms with Crippen molar-refractivity contribution in [3.05, 3.63) is 0 Å². The average Bonchev–Trinajstić information content (AvgIpc) is 2.28. The molecule has 1 fully saturated rings. The van der Waals surface area contributed by atoms with E-state index in [2.05, 4.69) is 0 Å². The third-order valence-electron chi connectivity index (χ3n) is 3.73. The largest absolute Gasteiger partial charge is 0.319 e. The summed E-state index contributed by atoms with van der Waals surface area (Å²) >= 11 is 0. The van der Waals surface area contributed by atoms with E-state index in [0.29, 0.717) is 5.78 Å². The number of hydrogen-bond donors (Lipinski definition) is 1. The van der Waals surface area contributed by atoms with Crippen LogP contribution in [0.15, 0.2) is 0 Å². The first-order chi connectivity index (χ1) is 6.64. The van der Waals surface area contributed by atoms with Gasteiger partial charge in [-0.2, -0.15) is 0 Å². The first kappa shape index (κ1) is 11.7. The van der Waals surface area contributed by atoms with Crippen molar-refractivity contribution in [2.75, 3.05) is 0 Å². The molecule has 0 atom stereocenters. The molecular weight excluding hydrogens is 174 g/mol. The molecule has 0 amide bonds. The topological polar surface area (TPSA) is 43.1 Å². The fourth-order valence-electron chi connectivity index (χ4n) is 2.37. The number of rotatable bonds is 4. The Morgan fingerprint density at radius 1 is 1.21 bits per heavy atom. The number of hydrogen-bond acceptors (Lipinski definition) is 2. The predicted octanol–water partition coefficient (Wildman–Crippen LogP) is 2.65. The van der Waals surface area contributed by atoms with Gasteiger partial charge in [-0.3, -0.25) is 4.79 Å². The smallest absolute Gasteiger partial charge is 0.155 e. The maximum absolute atomic E-state index is 12.2. The third kappa shape index (κ3) is 2.35. The van der Waals surface area contributed by atoms with Crippen LogP contribution >= 0.6 is 0 Å². The lowest BCUT2D eigenvalue weighted by Crippen LogP contribution is -2.50. The first-order valence-corrected chi connectivity index (χ1v) is 5.97. The average molecular weight is 197 g/mol. The van der Waals surface area contributed by atoms with Crippen molar-refractivity contribution in [3.63, 3.8) is 0 Å². The standard InChI is InChI=1S/C12H23NO/c1-3-12(13,4-2)11(14)10-8-6-5-7-9-10/h10H,3-9,13H2,1-2H3. The Morgan fingerprint density at radius 2 is 1.71 bits per heavy atom. The van der Waals surface area contributed by atoms with Crippen LogP contribution < -0.4 is 5.73 Å². The van der Waals surface area contributed by atoms with Crippen LogP contribution in [0.2, 0.25) is 0 Å². The van der Waals surface area contributed by atoms with Crippen LogP contribution in [0.1, 0.15) is 58.8 Å². The second-order valence-electron chi connectivity index (χ2n) is 4.56. The predicted molar refractivity (Wildman–Crippen MR) is 59.1 cm³/mol. The maximum Gasteiger partial charge on any atom is 0.155 e. The van der Waals surface area contributed by atoms with E-state index in [1.807, 2.05) is 13.8 Å². The van der Waals surface area contributed by atoms with Crippen LogP contribution in [-0.2, 0) is 4.79 Å². The monoisotopic (exact) mass is 197 g/mol. The molecule has 0 spiro atoms. The molecule has 0 aromatic carbocycles. The molecule has 82 valence electrons. The van der Waals surface area contributed by atoms with Crippen molar-refractivity contribution >= 4 is 5.78 Å². The van der Waals surface area contributed by atoms with Crippen molar-refractivity contribution in [2.45, 2.75) is 64.3 Å². The van der Waals surface area contributed by atoms with E-state index in [0.717, 1.165) is 25.7 Å². The number of ketones is 1. The van der Waals surface area contributed by atoms with Crippen molar-refractivity contribution in [1.29, 1.82) is 0 Å². The minimum absolute atomic E-state index is 0.258. The second kappa shape index (κ2) is 4.92. The van der Waals surface area contributed by atoms with Gasteiger partial charge in [0, 0.05) is 5.92 Å². The van der Waals surface area contributed by atoms with Gasteiger partial charge < -0.3 is 5.73 Å². The molecular formula is C12H23NO. The minimum Gasteiger partial charge on any atom is -0.319 e. The fraction of sp³-hybridized carbons (Fsp3) is 0.917. The normalized spacial score (nSPS) is 19.6. The summed E-state index contributed by atoms with van der Waals surface area (Å²) in [6.45, 7) is 4.04. The van der Waals surface area contributed by atoms with Crippen molar-refractivity contribution < 1.29 is 4.79 Å². The number of Topliss-reactive ketones (excluding diaryl/α,β-unsaturated/α-hetero) is 1. The number of nitrogens with two attached hydrogens (primary N) is 1. The van der Waals surface area contributed by atoms with Gasteiger partial charge in [0.25, 0.3) is 0 Å². The molecule has 0 radical (unpaired) electrons. The van der Waals surface area contributed by atoms with E-state index in [9.17, 15) is 4.79 Å². The zero-order valence-corrected chi connectivity index (χ0v) is 9.51. The van der Waals surface area contributed by atoms with E-state index >= 15 is 0 Å². The Bertz CT molecular complexity index is 190. The molecule has 0 saturated heterocycles. The highest BCUT2D eigenvalue weighted by molar-refractivity contribution is 5.90. The lowest BCUT2D eigenvalue weighted by Gasteiger charge is -2.31. The Balaban J connectivity index is 2.61. The van der Waals surface area contributed by atoms with Gasteiger partial charge in [0.15, 0.2) is 5.78 Å². The molecule has 0 bridgehead atoms. The summed E-state index contributed by atoms with van der Waals surface area (Å²) in [4.78, 5) is 12.2. The van der Waals surface area contributed by atoms with Crippen molar-refractivity contribution in [1.82, 2.24) is 0 Å². The first-order valence-electron chi connectivity index (χ1n) is 5.97. The Labute approximate surface area is 87.2 Å². The highest BCUT2D eigenvalue weighted by Crippen LogP contribution is 2.29. The quantitative estimate of drug-likeness (QED) is 0.753. The number of carbonyl (C=O) groups is 1. The molecule has 0 aliphatic heterocycles. The summed E-state index contributed by atoms with van der Waals surface area (Å²) in [7, 11) is 0. The molecule has 0 unspecified atom stereocenters. The van der Waals surface area contributed by atoms with Crippen LogP contribution in [0.3, 0.4) is 0 Å². The van der Waals surface area contributed by atoms with Gasteiger partial charge in [-0.1, -0.05) is 33.1 Å². The maximum atomic E-state index is 12.2. The Hall–Kier alpha value is -0.370. The summed E-state index contributed by atoms with van der Waals surface area (Å²) in [5, 5.41) is 0. The molecule has 0 heterocycles. The Kier molecular flexibility index (Phi) is 4.11. The third-order valence-corrected chi connectivity index (χ3v) is 3.73. The molecule has 2 heteroatoms. The lowest BCUT2D eigenvalue weighted by atomic mass is 9.76. The molecule has 14 heavy (non-hydrogen) atoms. The van der Waals surface area contributed by atoms with E-state index in [1.54, 1.807) is 0 Å². The van der Waals surface area contributed by atoms with Crippen LogP contribution in [0, 0.1) is 5.92 Å². The summed E-state index contributed by atoms with van der Waals surface area (Å²) in [6, 6.07) is 0. The number of carbonyl (C=O) groups excluding carboxylic acids is 1. The van der Waals surface area contributed by atoms with Crippen LogP contribution in [0.4, 0.5) is 0 Å². The van der Waals surface area contributed by atoms with Gasteiger partial charge in [0.05, 0.1) is 5.54 Å². The summed E-state index contributed by atoms with van der Waals surface area (Å²) in [5.41, 5.74) is 5.58. The fourth-order valence-corrected chi connectivity index (χ4v) is 2.37. The zero-order valence-electron chi connectivity index (χ0n) is 9.51. The molecule has 0 aromatic rings. The minimum atomic E-state index is -0.540. The van der Waals surface area contributed by atoms with Gasteiger partial charge >= 0.3 is 0 Å². The molecule has 1 aliphatic carbocycles. The van der Waals surface area contributed by atoms with Crippen LogP contribution in [-0.4, -0.2) is 11.3 Å². The summed E-state index contributed by atoms with van der Waals surface area (Å²) in [5.74, 6) is 0.579. The molecule has 1 saturated carbocycles. The van der Waals surface area contributed by atoms with Gasteiger partial charge in [0.1, 0.15) is 0 Å². The SMILES string of the molecule is CCC(N)(CC)C(=O)C1CCCCC1. The second-order valence-corrected chi connectivity index (χ2v) is 4.56. The van der Waals surface area contributed by atoms with E-state index in [1.165, 1.54) is 19.3 Å². The molecule has 1 rings (SSSR count). The van der Waals surface area contributed by atoms with Gasteiger partial charge in [-0.15, -0.1) is 0 Å². The highest BCUT2D eigenvalue weighted by atomic mass is 16.1.